The molecule has 3 rings (SSSR count). The van der Waals surface area contributed by atoms with Crippen molar-refractivity contribution in [2.75, 3.05) is 27.7 Å². The number of ether oxygens (including phenoxy) is 1. The number of nitrogens with zero attached hydrogens (tertiary/aromatic N) is 1. The van der Waals surface area contributed by atoms with Gasteiger partial charge >= 0.3 is 0 Å². The Morgan fingerprint density at radius 2 is 1.85 bits per heavy atom. The van der Waals surface area contributed by atoms with Crippen molar-refractivity contribution in [3.63, 3.8) is 0 Å². The minimum absolute atomic E-state index is 0.0177. The Balaban J connectivity index is 1.73. The largest absolute Gasteiger partial charge is 0.497 e. The van der Waals surface area contributed by atoms with Crippen molar-refractivity contribution in [3.8, 4) is 5.75 Å². The number of methoxy groups -OCH3 is 1. The first kappa shape index (κ1) is 24.5. The molecule has 1 atom stereocenters. The number of carbonyl (C=O) groups is 1. The van der Waals surface area contributed by atoms with E-state index in [2.05, 4.69) is 10.0 Å². The zero-order chi connectivity index (χ0) is 24.0. The van der Waals surface area contributed by atoms with Gasteiger partial charge in [-0.1, -0.05) is 18.2 Å². The van der Waals surface area contributed by atoms with Gasteiger partial charge in [-0.2, -0.15) is 0 Å². The maximum Gasteiger partial charge on any atom is 0.251 e. The van der Waals surface area contributed by atoms with Gasteiger partial charge in [-0.3, -0.25) is 4.79 Å². The molecule has 0 fully saturated rings. The van der Waals surface area contributed by atoms with Gasteiger partial charge in [0.1, 0.15) is 11.5 Å². The summed E-state index contributed by atoms with van der Waals surface area (Å²) in [5.41, 5.74) is 2.02. The molecule has 2 aromatic carbocycles. The number of hydrogen-bond donors (Lipinski definition) is 2. The molecule has 1 heterocycles. The molecule has 0 saturated heterocycles. The van der Waals surface area contributed by atoms with E-state index in [0.29, 0.717) is 23.4 Å². The summed E-state index contributed by atoms with van der Waals surface area (Å²) in [6.07, 6.45) is 1.48. The molecule has 3 aromatic rings. The summed E-state index contributed by atoms with van der Waals surface area (Å²) in [7, 11) is 1.67. The molecule has 0 aliphatic rings. The van der Waals surface area contributed by atoms with E-state index in [1.54, 1.807) is 32.2 Å². The highest BCUT2D eigenvalue weighted by atomic mass is 32.2. The van der Waals surface area contributed by atoms with Crippen molar-refractivity contribution in [1.29, 1.82) is 0 Å². The molecule has 2 N–H and O–H groups in total. The highest BCUT2D eigenvalue weighted by Gasteiger charge is 2.20. The average Bonchev–Trinajstić information content (AvgIpc) is 3.32. The van der Waals surface area contributed by atoms with Gasteiger partial charge in [-0.25, -0.2) is 13.1 Å². The lowest BCUT2D eigenvalue weighted by Crippen LogP contribution is -2.35. The molecule has 0 aliphatic carbocycles. The van der Waals surface area contributed by atoms with Crippen LogP contribution in [0.2, 0.25) is 0 Å². The van der Waals surface area contributed by atoms with Gasteiger partial charge in [0.25, 0.3) is 5.91 Å². The van der Waals surface area contributed by atoms with Crippen LogP contribution in [0.15, 0.2) is 70.2 Å². The summed E-state index contributed by atoms with van der Waals surface area (Å²) in [5, 5.41) is 2.94. The van der Waals surface area contributed by atoms with E-state index in [1.807, 2.05) is 43.3 Å². The second kappa shape index (κ2) is 10.7. The summed E-state index contributed by atoms with van der Waals surface area (Å²) < 4.78 is 38.3. The number of likely N-dealkylation sites (N-methyl/N-ethyl adjacent to an activating group) is 1. The van der Waals surface area contributed by atoms with Crippen LogP contribution < -0.4 is 14.8 Å². The van der Waals surface area contributed by atoms with Gasteiger partial charge in [0.2, 0.25) is 10.0 Å². The molecule has 33 heavy (non-hydrogen) atoms. The number of carbonyl (C=O) groups excluding carboxylic acids is 1. The minimum Gasteiger partial charge on any atom is -0.497 e. The van der Waals surface area contributed by atoms with Gasteiger partial charge in [0.05, 0.1) is 30.9 Å². The zero-order valence-corrected chi connectivity index (χ0v) is 20.0. The number of benzene rings is 2. The fraction of sp³-hybridized carbons (Fsp3) is 0.292. The van der Waals surface area contributed by atoms with Crippen LogP contribution in [0.3, 0.4) is 0 Å². The average molecular weight is 472 g/mol. The number of hydrogen-bond acceptors (Lipinski definition) is 6. The van der Waals surface area contributed by atoms with Crippen LogP contribution in [0.1, 0.15) is 33.3 Å². The number of furan rings is 1. The molecular weight excluding hydrogens is 442 g/mol. The molecule has 0 saturated carbocycles. The van der Waals surface area contributed by atoms with Gasteiger partial charge < -0.3 is 19.4 Å². The summed E-state index contributed by atoms with van der Waals surface area (Å²) in [6, 6.07) is 15.5. The van der Waals surface area contributed by atoms with Crippen molar-refractivity contribution in [2.45, 2.75) is 24.4 Å². The summed E-state index contributed by atoms with van der Waals surface area (Å²) >= 11 is 0. The number of nitrogens with one attached hydrogen (secondary N) is 2. The first-order valence-electron chi connectivity index (χ1n) is 10.4. The highest BCUT2D eigenvalue weighted by molar-refractivity contribution is 7.89. The number of aryl methyl sites for hydroxylation is 1. The van der Waals surface area contributed by atoms with E-state index in [0.717, 1.165) is 11.3 Å². The molecule has 176 valence electrons. The third-order valence-corrected chi connectivity index (χ3v) is 6.76. The lowest BCUT2D eigenvalue weighted by atomic mass is 10.0. The first-order valence-corrected chi connectivity index (χ1v) is 11.9. The number of amides is 1. The Hall–Kier alpha value is -3.14. The molecule has 0 aliphatic heterocycles. The Labute approximate surface area is 194 Å². The third-order valence-electron chi connectivity index (χ3n) is 5.36. The number of sulfonamides is 1. The van der Waals surface area contributed by atoms with Crippen LogP contribution in [0.25, 0.3) is 0 Å². The predicted octanol–water partition coefficient (Wildman–Crippen LogP) is 3.11. The van der Waals surface area contributed by atoms with E-state index in [9.17, 15) is 13.2 Å². The lowest BCUT2D eigenvalue weighted by molar-refractivity contribution is 0.0941. The van der Waals surface area contributed by atoms with Crippen LogP contribution in [0.4, 0.5) is 0 Å². The van der Waals surface area contributed by atoms with E-state index < -0.39 is 10.0 Å². The third kappa shape index (κ3) is 6.22. The van der Waals surface area contributed by atoms with Gasteiger partial charge in [-0.05, 0) is 68.5 Å². The SMILES string of the molecule is COc1ccc([C@H](CNC(=O)c2cc(S(=O)(=O)NCc3ccco3)ccc2C)N(C)C)cc1. The molecule has 1 amide bonds. The summed E-state index contributed by atoms with van der Waals surface area (Å²) in [6.45, 7) is 2.15. The molecule has 0 radical (unpaired) electrons. The lowest BCUT2D eigenvalue weighted by Gasteiger charge is -2.25. The first-order chi connectivity index (χ1) is 15.7. The van der Waals surface area contributed by atoms with Crippen LogP contribution in [-0.2, 0) is 16.6 Å². The maximum absolute atomic E-state index is 13.0. The Morgan fingerprint density at radius 1 is 1.12 bits per heavy atom. The second-order valence-corrected chi connectivity index (χ2v) is 9.61. The van der Waals surface area contributed by atoms with Gasteiger partial charge in [0.15, 0.2) is 0 Å². The van der Waals surface area contributed by atoms with Crippen molar-refractivity contribution >= 4 is 15.9 Å². The smallest absolute Gasteiger partial charge is 0.251 e. The predicted molar refractivity (Wildman–Crippen MR) is 126 cm³/mol. The van der Waals surface area contributed by atoms with E-state index in [4.69, 9.17) is 9.15 Å². The topological polar surface area (TPSA) is 101 Å². The summed E-state index contributed by atoms with van der Waals surface area (Å²) in [5.74, 6) is 0.919. The van der Waals surface area contributed by atoms with Crippen molar-refractivity contribution < 1.29 is 22.4 Å². The molecule has 0 spiro atoms. The normalized spacial score (nSPS) is 12.5. The summed E-state index contributed by atoms with van der Waals surface area (Å²) in [4.78, 5) is 15.0. The van der Waals surface area contributed by atoms with E-state index in [-0.39, 0.29) is 23.4 Å². The van der Waals surface area contributed by atoms with Gasteiger partial charge in [-0.15, -0.1) is 0 Å². The molecular formula is C24H29N3O5S. The highest BCUT2D eigenvalue weighted by Crippen LogP contribution is 2.21. The van der Waals surface area contributed by atoms with Crippen molar-refractivity contribution in [2.24, 2.45) is 0 Å². The number of rotatable bonds is 10. The van der Waals surface area contributed by atoms with E-state index >= 15 is 0 Å². The molecule has 0 unspecified atom stereocenters. The Bertz CT molecular complexity index is 1170. The maximum atomic E-state index is 13.0. The monoisotopic (exact) mass is 471 g/mol. The van der Waals surface area contributed by atoms with E-state index in [1.165, 1.54) is 18.4 Å². The van der Waals surface area contributed by atoms with Crippen LogP contribution >= 0.6 is 0 Å². The molecule has 1 aromatic heterocycles. The van der Waals surface area contributed by atoms with Crippen LogP contribution in [-0.4, -0.2) is 47.0 Å². The van der Waals surface area contributed by atoms with Gasteiger partial charge in [0, 0.05) is 12.1 Å². The molecule has 8 nitrogen and oxygen atoms in total. The second-order valence-electron chi connectivity index (χ2n) is 7.84. The fourth-order valence-corrected chi connectivity index (χ4v) is 4.40. The van der Waals surface area contributed by atoms with Crippen LogP contribution in [0.5, 0.6) is 5.75 Å². The standard InChI is InChI=1S/C24H29N3O5S/c1-17-7-12-21(33(29,30)26-15-20-6-5-13-32-20)14-22(17)24(28)25-16-23(27(2)3)18-8-10-19(31-4)11-9-18/h5-14,23,26H,15-16H2,1-4H3,(H,25,28)/t23-/m0/s1. The molecule has 9 heteroatoms. The van der Waals surface area contributed by atoms with Crippen molar-refractivity contribution in [3.05, 3.63) is 83.3 Å². The zero-order valence-electron chi connectivity index (χ0n) is 19.2. The minimum atomic E-state index is -3.81. The fourth-order valence-electron chi connectivity index (χ4n) is 3.38. The van der Waals surface area contributed by atoms with Crippen molar-refractivity contribution in [1.82, 2.24) is 14.9 Å². The quantitative estimate of drug-likeness (QED) is 0.471. The molecule has 0 bridgehead atoms. The van der Waals surface area contributed by atoms with Crippen LogP contribution in [0, 0.1) is 6.92 Å². The Morgan fingerprint density at radius 3 is 2.45 bits per heavy atom. The Kier molecular flexibility index (Phi) is 7.91.